The topological polar surface area (TPSA) is 103 Å². The summed E-state index contributed by atoms with van der Waals surface area (Å²) in [4.78, 5) is 0. The van der Waals surface area contributed by atoms with E-state index in [0.29, 0.717) is 19.8 Å². The molecule has 0 saturated carbocycles. The monoisotopic (exact) mass is 852 g/mol. The van der Waals surface area contributed by atoms with Crippen molar-refractivity contribution in [3.8, 4) is 0 Å². The fourth-order valence-electron chi connectivity index (χ4n) is 7.83. The summed E-state index contributed by atoms with van der Waals surface area (Å²) in [6.45, 7) is 2.01. The van der Waals surface area contributed by atoms with Gasteiger partial charge in [0, 0.05) is 0 Å². The van der Waals surface area contributed by atoms with Gasteiger partial charge in [-0.25, -0.2) is 0 Å². The molecule has 63 heavy (non-hydrogen) atoms. The first-order valence-corrected chi connectivity index (χ1v) is 21.7. The van der Waals surface area contributed by atoms with Gasteiger partial charge in [-0.1, -0.05) is 182 Å². The molecule has 2 aliphatic heterocycles. The summed E-state index contributed by atoms with van der Waals surface area (Å²) in [5, 5.41) is 11.8. The highest BCUT2D eigenvalue weighted by Gasteiger charge is 2.53. The van der Waals surface area contributed by atoms with Crippen LogP contribution in [0.3, 0.4) is 0 Å². The van der Waals surface area contributed by atoms with Gasteiger partial charge in [0.1, 0.15) is 42.7 Å². The molecule has 9 atom stereocenters. The van der Waals surface area contributed by atoms with Gasteiger partial charge in [-0.3, -0.25) is 0 Å². The van der Waals surface area contributed by atoms with Gasteiger partial charge in [-0.05, 0) is 33.4 Å². The molecule has 0 aliphatic carbocycles. The van der Waals surface area contributed by atoms with Crippen LogP contribution in [0.1, 0.15) is 33.4 Å². The van der Waals surface area contributed by atoms with Gasteiger partial charge >= 0.3 is 0 Å². The average molecular weight is 853 g/mol. The van der Waals surface area contributed by atoms with Gasteiger partial charge in [-0.2, -0.15) is 0 Å². The van der Waals surface area contributed by atoms with Crippen LogP contribution in [0, 0.1) is 0 Å². The van der Waals surface area contributed by atoms with E-state index >= 15 is 0 Å². The zero-order valence-electron chi connectivity index (χ0n) is 35.3. The number of hydrogen-bond donors (Lipinski definition) is 1. The largest absolute Gasteiger partial charge is 0.374 e. The zero-order chi connectivity index (χ0) is 42.9. The second kappa shape index (κ2) is 23.6. The summed E-state index contributed by atoms with van der Waals surface area (Å²) in [6, 6.07) is 59.6. The molecule has 0 amide bonds. The molecule has 0 unspecified atom stereocenters. The number of ether oxygens (including phenoxy) is 9. The quantitative estimate of drug-likeness (QED) is 0.0715. The van der Waals surface area contributed by atoms with Crippen molar-refractivity contribution in [2.75, 3.05) is 13.2 Å². The molecule has 328 valence electrons. The van der Waals surface area contributed by atoms with E-state index in [1.54, 1.807) is 0 Å². The molecule has 0 radical (unpaired) electrons. The second-order valence-corrected chi connectivity index (χ2v) is 15.8. The molecule has 10 heteroatoms. The van der Waals surface area contributed by atoms with Crippen molar-refractivity contribution in [1.29, 1.82) is 0 Å². The first-order valence-electron chi connectivity index (χ1n) is 21.7. The van der Waals surface area contributed by atoms with Crippen LogP contribution in [0.15, 0.2) is 182 Å². The molecule has 0 spiro atoms. The second-order valence-electron chi connectivity index (χ2n) is 15.8. The highest BCUT2D eigenvalue weighted by atomic mass is 16.8. The first kappa shape index (κ1) is 44.5. The van der Waals surface area contributed by atoms with Crippen molar-refractivity contribution in [1.82, 2.24) is 0 Å². The Morgan fingerprint density at radius 2 is 0.651 bits per heavy atom. The number of benzene rings is 6. The summed E-state index contributed by atoms with van der Waals surface area (Å²) in [6.07, 6.45) is -7.75. The highest BCUT2D eigenvalue weighted by molar-refractivity contribution is 5.18. The van der Waals surface area contributed by atoms with Crippen LogP contribution < -0.4 is 0 Å². The van der Waals surface area contributed by atoms with Gasteiger partial charge in [-0.15, -0.1) is 0 Å². The Bertz CT molecular complexity index is 2150. The molecule has 10 nitrogen and oxygen atoms in total. The van der Waals surface area contributed by atoms with E-state index in [1.165, 1.54) is 0 Å². The minimum Gasteiger partial charge on any atom is -0.374 e. The lowest BCUT2D eigenvalue weighted by molar-refractivity contribution is -0.339. The van der Waals surface area contributed by atoms with E-state index in [-0.39, 0.29) is 33.0 Å². The Morgan fingerprint density at radius 1 is 0.333 bits per heavy atom. The fraction of sp³-hybridized carbons (Fsp3) is 0.321. The molecule has 1 N–H and O–H groups in total. The lowest BCUT2D eigenvalue weighted by atomic mass is 9.97. The van der Waals surface area contributed by atoms with Gasteiger partial charge in [0.15, 0.2) is 12.6 Å². The van der Waals surface area contributed by atoms with Crippen molar-refractivity contribution >= 4 is 0 Å². The molecule has 6 aromatic rings. The van der Waals surface area contributed by atoms with Crippen LogP contribution in [0.25, 0.3) is 0 Å². The van der Waals surface area contributed by atoms with Gasteiger partial charge in [0.05, 0.1) is 52.9 Å². The van der Waals surface area contributed by atoms with Gasteiger partial charge < -0.3 is 47.7 Å². The summed E-state index contributed by atoms with van der Waals surface area (Å²) < 4.78 is 60.0. The summed E-state index contributed by atoms with van der Waals surface area (Å²) >= 11 is 0. The molecule has 6 aromatic carbocycles. The Balaban J connectivity index is 1.11. The van der Waals surface area contributed by atoms with E-state index in [4.69, 9.17) is 42.6 Å². The number of hydrogen-bond acceptors (Lipinski definition) is 10. The molecule has 0 aromatic heterocycles. The lowest BCUT2D eigenvalue weighted by Gasteiger charge is -2.45. The average Bonchev–Trinajstić information content (AvgIpc) is 3.66. The molecule has 2 fully saturated rings. The maximum atomic E-state index is 11.8. The van der Waals surface area contributed by atoms with E-state index in [1.807, 2.05) is 182 Å². The lowest BCUT2D eigenvalue weighted by Crippen LogP contribution is -2.62. The normalized spacial score (nSPS) is 24.6. The zero-order valence-corrected chi connectivity index (χ0v) is 35.3. The highest BCUT2D eigenvalue weighted by Crippen LogP contribution is 2.36. The van der Waals surface area contributed by atoms with Crippen LogP contribution in [-0.2, 0) is 82.3 Å². The molecule has 0 bridgehead atoms. The Kier molecular flexibility index (Phi) is 16.7. The summed E-state index contributed by atoms with van der Waals surface area (Å²) in [5.41, 5.74) is 5.91. The maximum absolute atomic E-state index is 11.8. The minimum absolute atomic E-state index is 0.0764. The van der Waals surface area contributed by atoms with Crippen molar-refractivity contribution in [3.63, 3.8) is 0 Å². The van der Waals surface area contributed by atoms with Crippen molar-refractivity contribution in [2.24, 2.45) is 0 Å². The van der Waals surface area contributed by atoms with Gasteiger partial charge in [0.25, 0.3) is 0 Å². The van der Waals surface area contributed by atoms with Crippen molar-refractivity contribution < 1.29 is 47.7 Å². The third-order valence-electron chi connectivity index (χ3n) is 11.1. The van der Waals surface area contributed by atoms with Crippen molar-refractivity contribution in [2.45, 2.75) is 94.9 Å². The third kappa shape index (κ3) is 13.0. The molecular weight excluding hydrogens is 797 g/mol. The Morgan fingerprint density at radius 3 is 1.05 bits per heavy atom. The summed E-state index contributed by atoms with van der Waals surface area (Å²) in [5.74, 6) is 0. The van der Waals surface area contributed by atoms with E-state index in [2.05, 4.69) is 0 Å². The van der Waals surface area contributed by atoms with Crippen LogP contribution in [-0.4, -0.2) is 73.6 Å². The SMILES string of the molecule is O[C@H]1O[C@H](COCc2ccccc2)[C@@H](O[C@@H]2O[C@H](COCc3ccccc3)[C@@H](OCc3ccccc3)[C@@H]2OCc2ccccc2)[C@H](OCc2ccccc2)[C@@H]1OCc1ccccc1. The first-order chi connectivity index (χ1) is 31.2. The maximum Gasteiger partial charge on any atom is 0.187 e. The molecule has 2 saturated heterocycles. The number of aliphatic hydroxyl groups is 1. The number of aliphatic hydroxyl groups excluding tert-OH is 1. The minimum atomic E-state index is -1.37. The third-order valence-corrected chi connectivity index (χ3v) is 11.1. The van der Waals surface area contributed by atoms with E-state index in [9.17, 15) is 5.11 Å². The fourth-order valence-corrected chi connectivity index (χ4v) is 7.83. The van der Waals surface area contributed by atoms with Crippen LogP contribution in [0.2, 0.25) is 0 Å². The molecule has 2 aliphatic rings. The predicted octanol–water partition coefficient (Wildman–Crippen LogP) is 8.59. The van der Waals surface area contributed by atoms with Crippen LogP contribution in [0.5, 0.6) is 0 Å². The van der Waals surface area contributed by atoms with Crippen molar-refractivity contribution in [3.05, 3.63) is 215 Å². The Labute approximate surface area is 370 Å². The van der Waals surface area contributed by atoms with Gasteiger partial charge in [0.2, 0.25) is 0 Å². The smallest absolute Gasteiger partial charge is 0.187 e. The van der Waals surface area contributed by atoms with E-state index in [0.717, 1.165) is 33.4 Å². The molecular formula is C53H56O10. The van der Waals surface area contributed by atoms with E-state index < -0.39 is 55.3 Å². The van der Waals surface area contributed by atoms with Crippen LogP contribution >= 0.6 is 0 Å². The standard InChI is InChI=1S/C53H56O10/c54-52-50(59-35-43-27-15-5-16-28-43)49(58-34-42-25-13-4-14-26-42)48(46(61-52)38-56-32-40-21-9-2-10-22-40)63-53-51(60-36-44-29-17-6-18-30-44)47(57-33-41-23-11-3-12-24-41)45(62-53)37-55-31-39-19-7-1-8-20-39/h1-30,45-54H,31-38H2/t45-,46-,47-,48-,49+,50+,51+,52+,53+/m1/s1. The molecule has 2 heterocycles. The Hall–Kier alpha value is -5.08. The summed E-state index contributed by atoms with van der Waals surface area (Å²) in [7, 11) is 0. The van der Waals surface area contributed by atoms with Crippen LogP contribution in [0.4, 0.5) is 0 Å². The predicted molar refractivity (Wildman–Crippen MR) is 237 cm³/mol. The number of rotatable bonds is 22. The molecule has 8 rings (SSSR count).